The van der Waals surface area contributed by atoms with E-state index in [1.807, 2.05) is 0 Å². The maximum absolute atomic E-state index is 13.2. The highest BCUT2D eigenvalue weighted by molar-refractivity contribution is 9.10. The minimum atomic E-state index is -0.349. The minimum Gasteiger partial charge on any atom is -0.496 e. The van der Waals surface area contributed by atoms with Crippen LogP contribution in [0.25, 0.3) is 0 Å². The molecule has 0 aliphatic rings. The highest BCUT2D eigenvalue weighted by Crippen LogP contribution is 2.25. The van der Waals surface area contributed by atoms with E-state index in [0.717, 1.165) is 5.56 Å². The van der Waals surface area contributed by atoms with Gasteiger partial charge in [0.15, 0.2) is 0 Å². The van der Waals surface area contributed by atoms with Gasteiger partial charge in [-0.05, 0) is 52.3 Å². The molecule has 110 valence electrons. The summed E-state index contributed by atoms with van der Waals surface area (Å²) in [6.07, 6.45) is 0. The van der Waals surface area contributed by atoms with Gasteiger partial charge in [-0.1, -0.05) is 0 Å². The Labute approximate surface area is 130 Å². The lowest BCUT2D eigenvalue weighted by Gasteiger charge is -2.12. The summed E-state index contributed by atoms with van der Waals surface area (Å²) in [5.74, 6) is 0.793. The number of amidine groups is 1. The van der Waals surface area contributed by atoms with Crippen LogP contribution in [0.3, 0.4) is 0 Å². The van der Waals surface area contributed by atoms with Gasteiger partial charge in [-0.2, -0.15) is 0 Å². The van der Waals surface area contributed by atoms with E-state index in [1.54, 1.807) is 37.4 Å². The van der Waals surface area contributed by atoms with Gasteiger partial charge in [0.2, 0.25) is 0 Å². The number of nitrogen functional groups attached to an aromatic ring is 1. The number of nitrogens with two attached hydrogens (primary N) is 1. The van der Waals surface area contributed by atoms with Crippen molar-refractivity contribution in [2.45, 2.75) is 6.61 Å². The van der Waals surface area contributed by atoms with Gasteiger partial charge < -0.3 is 15.2 Å². The van der Waals surface area contributed by atoms with Gasteiger partial charge in [-0.15, -0.1) is 0 Å². The molecule has 0 bridgehead atoms. The first-order chi connectivity index (χ1) is 10.0. The lowest BCUT2D eigenvalue weighted by atomic mass is 10.1. The number of benzene rings is 2. The lowest BCUT2D eigenvalue weighted by Crippen LogP contribution is -2.12. The van der Waals surface area contributed by atoms with E-state index in [1.165, 1.54) is 6.07 Å². The standard InChI is InChI=1S/C15H14BrFN2O2/c1-20-14-5-2-9(15(18)19)6-10(14)8-21-11-3-4-13(17)12(16)7-11/h2-7H,8H2,1H3,(H3,18,19). The van der Waals surface area contributed by atoms with Crippen LogP contribution in [-0.4, -0.2) is 12.9 Å². The fourth-order valence-corrected chi connectivity index (χ4v) is 2.14. The summed E-state index contributed by atoms with van der Waals surface area (Å²) in [7, 11) is 1.56. The monoisotopic (exact) mass is 352 g/mol. The van der Waals surface area contributed by atoms with E-state index in [9.17, 15) is 4.39 Å². The van der Waals surface area contributed by atoms with E-state index < -0.39 is 0 Å². The van der Waals surface area contributed by atoms with Crippen LogP contribution in [0.4, 0.5) is 4.39 Å². The molecule has 0 aliphatic carbocycles. The first-order valence-electron chi connectivity index (χ1n) is 6.10. The lowest BCUT2D eigenvalue weighted by molar-refractivity contribution is 0.296. The van der Waals surface area contributed by atoms with Crippen LogP contribution in [0, 0.1) is 11.2 Å². The molecule has 3 N–H and O–H groups in total. The zero-order chi connectivity index (χ0) is 15.4. The maximum atomic E-state index is 13.2. The molecule has 0 saturated heterocycles. The molecule has 2 rings (SSSR count). The van der Waals surface area contributed by atoms with E-state index in [-0.39, 0.29) is 18.3 Å². The zero-order valence-corrected chi connectivity index (χ0v) is 12.9. The number of hydrogen-bond acceptors (Lipinski definition) is 3. The van der Waals surface area contributed by atoms with Crippen LogP contribution in [0.1, 0.15) is 11.1 Å². The van der Waals surface area contributed by atoms with Crippen molar-refractivity contribution >= 4 is 21.8 Å². The summed E-state index contributed by atoms with van der Waals surface area (Å²) < 4.78 is 24.4. The topological polar surface area (TPSA) is 68.3 Å². The Hall–Kier alpha value is -2.08. The second-order valence-electron chi connectivity index (χ2n) is 4.30. The Morgan fingerprint density at radius 2 is 2.05 bits per heavy atom. The van der Waals surface area contributed by atoms with E-state index in [0.29, 0.717) is 21.5 Å². The fourth-order valence-electron chi connectivity index (χ4n) is 1.79. The van der Waals surface area contributed by atoms with Crippen LogP contribution in [0.15, 0.2) is 40.9 Å². The highest BCUT2D eigenvalue weighted by Gasteiger charge is 2.08. The second kappa shape index (κ2) is 6.58. The third-order valence-corrected chi connectivity index (χ3v) is 3.48. The number of methoxy groups -OCH3 is 1. The molecule has 0 aliphatic heterocycles. The quantitative estimate of drug-likeness (QED) is 0.639. The summed E-state index contributed by atoms with van der Waals surface area (Å²) >= 11 is 3.11. The van der Waals surface area contributed by atoms with E-state index in [4.69, 9.17) is 20.6 Å². The summed E-state index contributed by atoms with van der Waals surface area (Å²) in [5, 5.41) is 7.46. The molecule has 2 aromatic rings. The molecule has 0 fully saturated rings. The molecule has 0 atom stereocenters. The molecule has 21 heavy (non-hydrogen) atoms. The van der Waals surface area contributed by atoms with Crippen molar-refractivity contribution in [3.05, 3.63) is 57.8 Å². The average Bonchev–Trinajstić information content (AvgIpc) is 2.48. The average molecular weight is 353 g/mol. The normalized spacial score (nSPS) is 10.2. The van der Waals surface area contributed by atoms with Crippen molar-refractivity contribution in [1.82, 2.24) is 0 Å². The molecule has 0 amide bonds. The summed E-state index contributed by atoms with van der Waals surface area (Å²) in [4.78, 5) is 0. The van der Waals surface area contributed by atoms with Crippen molar-refractivity contribution in [2.75, 3.05) is 7.11 Å². The molecular weight excluding hydrogens is 339 g/mol. The van der Waals surface area contributed by atoms with Crippen molar-refractivity contribution in [2.24, 2.45) is 5.73 Å². The third-order valence-electron chi connectivity index (χ3n) is 2.88. The van der Waals surface area contributed by atoms with Crippen molar-refractivity contribution < 1.29 is 13.9 Å². The van der Waals surface area contributed by atoms with Crippen LogP contribution in [0.5, 0.6) is 11.5 Å². The van der Waals surface area contributed by atoms with Crippen molar-refractivity contribution in [1.29, 1.82) is 5.41 Å². The summed E-state index contributed by atoms with van der Waals surface area (Å²) in [6.45, 7) is 0.225. The molecule has 0 unspecified atom stereocenters. The van der Waals surface area contributed by atoms with Crippen LogP contribution < -0.4 is 15.2 Å². The largest absolute Gasteiger partial charge is 0.496 e. The second-order valence-corrected chi connectivity index (χ2v) is 5.16. The first-order valence-corrected chi connectivity index (χ1v) is 6.89. The molecule has 0 heterocycles. The van der Waals surface area contributed by atoms with E-state index in [2.05, 4.69) is 15.9 Å². The summed E-state index contributed by atoms with van der Waals surface area (Å²) in [5.41, 5.74) is 6.82. The number of ether oxygens (including phenoxy) is 2. The van der Waals surface area contributed by atoms with Crippen LogP contribution >= 0.6 is 15.9 Å². The van der Waals surface area contributed by atoms with Crippen molar-refractivity contribution in [3.8, 4) is 11.5 Å². The zero-order valence-electron chi connectivity index (χ0n) is 11.3. The molecule has 2 aromatic carbocycles. The van der Waals surface area contributed by atoms with Crippen molar-refractivity contribution in [3.63, 3.8) is 0 Å². The molecular formula is C15H14BrFN2O2. The summed E-state index contributed by atoms with van der Waals surface area (Å²) in [6, 6.07) is 9.59. The van der Waals surface area contributed by atoms with E-state index >= 15 is 0 Å². The van der Waals surface area contributed by atoms with Gasteiger partial charge in [-0.3, -0.25) is 5.41 Å². The minimum absolute atomic E-state index is 0.0246. The fraction of sp³-hybridized carbons (Fsp3) is 0.133. The molecule has 0 aromatic heterocycles. The Balaban J connectivity index is 2.19. The Bertz CT molecular complexity index is 677. The Kier molecular flexibility index (Phi) is 4.80. The third kappa shape index (κ3) is 3.72. The van der Waals surface area contributed by atoms with Gasteiger partial charge >= 0.3 is 0 Å². The van der Waals surface area contributed by atoms with Crippen LogP contribution in [0.2, 0.25) is 0 Å². The van der Waals surface area contributed by atoms with Gasteiger partial charge in [0.1, 0.15) is 29.8 Å². The number of hydrogen-bond donors (Lipinski definition) is 2. The van der Waals surface area contributed by atoms with Gasteiger partial charge in [0, 0.05) is 11.1 Å². The molecule has 0 spiro atoms. The number of rotatable bonds is 5. The maximum Gasteiger partial charge on any atom is 0.137 e. The molecule has 6 heteroatoms. The Morgan fingerprint density at radius 1 is 1.29 bits per heavy atom. The predicted octanol–water partition coefficient (Wildman–Crippen LogP) is 3.46. The Morgan fingerprint density at radius 3 is 2.67 bits per heavy atom. The highest BCUT2D eigenvalue weighted by atomic mass is 79.9. The smallest absolute Gasteiger partial charge is 0.137 e. The molecule has 0 radical (unpaired) electrons. The van der Waals surface area contributed by atoms with Gasteiger partial charge in [-0.25, -0.2) is 4.39 Å². The molecule has 0 saturated carbocycles. The number of halogens is 2. The van der Waals surface area contributed by atoms with Crippen LogP contribution in [-0.2, 0) is 6.61 Å². The number of nitrogens with one attached hydrogen (secondary N) is 1. The molecule has 4 nitrogen and oxygen atoms in total. The predicted molar refractivity (Wildman–Crippen MR) is 82.4 cm³/mol. The SMILES string of the molecule is COc1ccc(C(=N)N)cc1COc1ccc(F)c(Br)c1. The van der Waals surface area contributed by atoms with Gasteiger partial charge in [0.05, 0.1) is 11.6 Å². The van der Waals surface area contributed by atoms with Gasteiger partial charge in [0.25, 0.3) is 0 Å². The first kappa shape index (κ1) is 15.3.